The Bertz CT molecular complexity index is 464. The molecule has 0 saturated heterocycles. The molecule has 0 bridgehead atoms. The molecule has 1 rings (SSSR count). The second-order valence-electron chi connectivity index (χ2n) is 4.03. The predicted molar refractivity (Wildman–Crippen MR) is 78.0 cm³/mol. The van der Waals surface area contributed by atoms with Crippen molar-refractivity contribution in [3.05, 3.63) is 29.8 Å². The van der Waals surface area contributed by atoms with Crippen molar-refractivity contribution in [2.75, 3.05) is 26.5 Å². The van der Waals surface area contributed by atoms with Gasteiger partial charge in [-0.2, -0.15) is 0 Å². The fourth-order valence-corrected chi connectivity index (χ4v) is 2.10. The highest BCUT2D eigenvalue weighted by Gasteiger charge is 2.20. The van der Waals surface area contributed by atoms with Gasteiger partial charge in [0.15, 0.2) is 6.10 Å². The minimum Gasteiger partial charge on any atom is -0.449 e. The van der Waals surface area contributed by atoms with Gasteiger partial charge in [-0.15, -0.1) is 11.8 Å². The lowest BCUT2D eigenvalue weighted by Crippen LogP contribution is -2.37. The van der Waals surface area contributed by atoms with E-state index in [0.29, 0.717) is 18.7 Å². The molecule has 1 atom stereocenters. The molecule has 0 saturated carbocycles. The first-order valence-corrected chi connectivity index (χ1v) is 7.43. The van der Waals surface area contributed by atoms with Crippen LogP contribution in [0.1, 0.15) is 17.3 Å². The molecule has 6 heteroatoms. The zero-order valence-corrected chi connectivity index (χ0v) is 12.7. The molecule has 0 aliphatic carbocycles. The number of benzene rings is 1. The van der Waals surface area contributed by atoms with E-state index in [0.717, 1.165) is 4.90 Å². The second-order valence-corrected chi connectivity index (χ2v) is 4.88. The SMILES string of the molecule is COCCNC(=O)[C@H](C)OC(=O)c1ccccc1SC. The Balaban J connectivity index is 2.59. The normalized spacial score (nSPS) is 11.8. The van der Waals surface area contributed by atoms with Gasteiger partial charge >= 0.3 is 5.97 Å². The van der Waals surface area contributed by atoms with E-state index in [-0.39, 0.29) is 5.91 Å². The number of carbonyl (C=O) groups is 2. The molecule has 5 nitrogen and oxygen atoms in total. The number of hydrogen-bond acceptors (Lipinski definition) is 5. The molecule has 1 amide bonds. The van der Waals surface area contributed by atoms with Crippen LogP contribution in [-0.2, 0) is 14.3 Å². The molecular formula is C14H19NO4S. The van der Waals surface area contributed by atoms with E-state index in [2.05, 4.69) is 5.32 Å². The van der Waals surface area contributed by atoms with Crippen LogP contribution in [0.15, 0.2) is 29.2 Å². The first-order valence-electron chi connectivity index (χ1n) is 6.20. The molecule has 110 valence electrons. The van der Waals surface area contributed by atoms with Crippen LogP contribution in [-0.4, -0.2) is 44.5 Å². The molecule has 0 heterocycles. The fourth-order valence-electron chi connectivity index (χ4n) is 1.51. The Labute approximate surface area is 123 Å². The number of esters is 1. The summed E-state index contributed by atoms with van der Waals surface area (Å²) in [6.07, 6.45) is 1.04. The lowest BCUT2D eigenvalue weighted by atomic mass is 10.2. The van der Waals surface area contributed by atoms with Crippen LogP contribution < -0.4 is 5.32 Å². The quantitative estimate of drug-likeness (QED) is 0.471. The molecule has 0 radical (unpaired) electrons. The van der Waals surface area contributed by atoms with Crippen molar-refractivity contribution in [2.45, 2.75) is 17.9 Å². The summed E-state index contributed by atoms with van der Waals surface area (Å²) in [4.78, 5) is 24.5. The number of hydrogen-bond donors (Lipinski definition) is 1. The Hall–Kier alpha value is -1.53. The highest BCUT2D eigenvalue weighted by molar-refractivity contribution is 7.98. The Morgan fingerprint density at radius 3 is 2.70 bits per heavy atom. The van der Waals surface area contributed by atoms with E-state index in [1.165, 1.54) is 11.8 Å². The lowest BCUT2D eigenvalue weighted by Gasteiger charge is -2.14. The minimum atomic E-state index is -0.839. The Morgan fingerprint density at radius 1 is 1.35 bits per heavy atom. The first kappa shape index (κ1) is 16.5. The first-order chi connectivity index (χ1) is 9.60. The second kappa shape index (κ2) is 8.60. The highest BCUT2D eigenvalue weighted by Crippen LogP contribution is 2.20. The van der Waals surface area contributed by atoms with Crippen LogP contribution in [0.2, 0.25) is 0 Å². The van der Waals surface area contributed by atoms with E-state index < -0.39 is 12.1 Å². The van der Waals surface area contributed by atoms with Crippen molar-refractivity contribution in [1.82, 2.24) is 5.32 Å². The van der Waals surface area contributed by atoms with Crippen molar-refractivity contribution >= 4 is 23.6 Å². The van der Waals surface area contributed by atoms with Crippen molar-refractivity contribution in [3.63, 3.8) is 0 Å². The summed E-state index contributed by atoms with van der Waals surface area (Å²) in [5, 5.41) is 2.62. The van der Waals surface area contributed by atoms with Crippen molar-refractivity contribution in [3.8, 4) is 0 Å². The molecule has 0 aromatic heterocycles. The molecule has 1 aromatic rings. The molecular weight excluding hydrogens is 278 g/mol. The van der Waals surface area contributed by atoms with Crippen LogP contribution in [0.4, 0.5) is 0 Å². The van der Waals surface area contributed by atoms with E-state index in [4.69, 9.17) is 9.47 Å². The van der Waals surface area contributed by atoms with Crippen molar-refractivity contribution < 1.29 is 19.1 Å². The summed E-state index contributed by atoms with van der Waals surface area (Å²) in [6, 6.07) is 7.14. The molecule has 1 N–H and O–H groups in total. The third kappa shape index (κ3) is 4.86. The standard InChI is InChI=1S/C14H19NO4S/c1-10(13(16)15-8-9-18-2)19-14(17)11-6-4-5-7-12(11)20-3/h4-7,10H,8-9H2,1-3H3,(H,15,16)/t10-/m0/s1. The highest BCUT2D eigenvalue weighted by atomic mass is 32.2. The van der Waals surface area contributed by atoms with Gasteiger partial charge in [0.25, 0.3) is 5.91 Å². The summed E-state index contributed by atoms with van der Waals surface area (Å²) in [5.74, 6) is -0.832. The van der Waals surface area contributed by atoms with Gasteiger partial charge in [0.1, 0.15) is 0 Å². The molecule has 0 aliphatic rings. The molecule has 20 heavy (non-hydrogen) atoms. The number of thioether (sulfide) groups is 1. The summed E-state index contributed by atoms with van der Waals surface area (Å²) in [7, 11) is 1.55. The van der Waals surface area contributed by atoms with Crippen LogP contribution in [0.3, 0.4) is 0 Å². The summed E-state index contributed by atoms with van der Waals surface area (Å²) in [6.45, 7) is 2.35. The van der Waals surface area contributed by atoms with Gasteiger partial charge < -0.3 is 14.8 Å². The number of carbonyl (C=O) groups excluding carboxylic acids is 2. The van der Waals surface area contributed by atoms with Crippen molar-refractivity contribution in [2.24, 2.45) is 0 Å². The largest absolute Gasteiger partial charge is 0.449 e. The van der Waals surface area contributed by atoms with E-state index in [1.807, 2.05) is 18.4 Å². The number of methoxy groups -OCH3 is 1. The average Bonchev–Trinajstić information content (AvgIpc) is 2.47. The van der Waals surface area contributed by atoms with Crippen LogP contribution in [0, 0.1) is 0 Å². The summed E-state index contributed by atoms with van der Waals surface area (Å²) >= 11 is 1.46. The summed E-state index contributed by atoms with van der Waals surface area (Å²) < 4.78 is 9.99. The van der Waals surface area contributed by atoms with Gasteiger partial charge in [0, 0.05) is 18.6 Å². The molecule has 0 spiro atoms. The third-order valence-electron chi connectivity index (χ3n) is 2.59. The predicted octanol–water partition coefficient (Wildman–Crippen LogP) is 1.72. The monoisotopic (exact) mass is 297 g/mol. The topological polar surface area (TPSA) is 64.6 Å². The smallest absolute Gasteiger partial charge is 0.340 e. The van der Waals surface area contributed by atoms with Gasteiger partial charge in [-0.3, -0.25) is 4.79 Å². The zero-order chi connectivity index (χ0) is 15.0. The molecule has 0 aliphatic heterocycles. The molecule has 0 fully saturated rings. The molecule has 0 unspecified atom stereocenters. The van der Waals surface area contributed by atoms with Gasteiger partial charge in [0.2, 0.25) is 0 Å². The van der Waals surface area contributed by atoms with Gasteiger partial charge in [-0.25, -0.2) is 4.79 Å². The van der Waals surface area contributed by atoms with E-state index in [9.17, 15) is 9.59 Å². The number of rotatable bonds is 7. The zero-order valence-electron chi connectivity index (χ0n) is 11.8. The van der Waals surface area contributed by atoms with Crippen LogP contribution in [0.5, 0.6) is 0 Å². The maximum absolute atomic E-state index is 12.0. The maximum Gasteiger partial charge on any atom is 0.340 e. The van der Waals surface area contributed by atoms with E-state index in [1.54, 1.807) is 26.2 Å². The van der Waals surface area contributed by atoms with Gasteiger partial charge in [0.05, 0.1) is 12.2 Å². The lowest BCUT2D eigenvalue weighted by molar-refractivity contribution is -0.129. The Kier molecular flexibility index (Phi) is 7.11. The van der Waals surface area contributed by atoms with Crippen molar-refractivity contribution in [1.29, 1.82) is 0 Å². The maximum atomic E-state index is 12.0. The summed E-state index contributed by atoms with van der Waals surface area (Å²) in [5.41, 5.74) is 0.469. The average molecular weight is 297 g/mol. The number of amides is 1. The minimum absolute atomic E-state index is 0.336. The van der Waals surface area contributed by atoms with Gasteiger partial charge in [-0.1, -0.05) is 12.1 Å². The fraction of sp³-hybridized carbons (Fsp3) is 0.429. The van der Waals surface area contributed by atoms with Crippen LogP contribution in [0.25, 0.3) is 0 Å². The Morgan fingerprint density at radius 2 is 2.05 bits per heavy atom. The van der Waals surface area contributed by atoms with Crippen LogP contribution >= 0.6 is 11.8 Å². The van der Waals surface area contributed by atoms with Gasteiger partial charge in [-0.05, 0) is 25.3 Å². The number of ether oxygens (including phenoxy) is 2. The van der Waals surface area contributed by atoms with E-state index >= 15 is 0 Å². The number of nitrogens with one attached hydrogen (secondary N) is 1. The third-order valence-corrected chi connectivity index (χ3v) is 3.38. The molecule has 1 aromatic carbocycles.